The summed E-state index contributed by atoms with van der Waals surface area (Å²) < 4.78 is 50.3. The summed E-state index contributed by atoms with van der Waals surface area (Å²) in [6.07, 6.45) is 8.42. The molecule has 2 heterocycles. The van der Waals surface area contributed by atoms with Crippen molar-refractivity contribution in [3.8, 4) is 0 Å². The van der Waals surface area contributed by atoms with Crippen molar-refractivity contribution in [1.82, 2.24) is 14.7 Å². The number of carbonyl (C=O) groups excluding carboxylic acids is 5. The number of halogens is 5. The maximum atomic E-state index is 12.1. The van der Waals surface area contributed by atoms with E-state index in [1.165, 1.54) is 26.3 Å². The number of fused-ring (bicyclic) bond motifs is 1. The standard InChI is InChI=1S/C19H31NO5Si.C18H28O3Si.C18H28O2Si.C13H21IOSi.C12H18IN3O2.C7H7IO.C6H15ClSi.C5H8O2.2C2H4O2.Cu.HI.Pd.Zn/c1-7-24-18(21)12-16(13-20(22)23)17-11-9-8-10-15(17)14-25-26(5,6)19(2,3)4;1-7-20-17(19)13-12-15-10-8-9-11-16(15)14-21-22(5,6)18(2,3)4;1-18(2,3)21(4,5)20-13-15-8-6-7-9-17(15)14-10-11-16(19)12-14;1-13(2,3)16(4,5)15-10-11-8-6-7-9-12(11)14;1-8-6-16-10(9(13)5-14-16)7-15(8)11(17)18-12(2,3)4;8-7-4-2-1-3-6(7)5-9;1-6(2,3)8(4,5)7;1-3-5(6)7-4-2;2*1-2(3)4;;;;/h8-11,16H,7,12-14H2,1-6H3;8-13H,7,14H2,1-6H3;6-9,14H,10-13H2,1-5H3;6-9H,10H2,1-5H3;5,8H,6-7H2,1-4H3;1-4,9H,5H2;1-5H3;3H,1,4H2,2H3;2*1H3,(H,3,4);;1H;;/q;;;;;;;;;;+1;;;/p-1/b;13-12+;;;;;;;;;;;;/t;;;;8-;;;;;;;;;/m....0........./s1. The van der Waals surface area contributed by atoms with Gasteiger partial charge in [0, 0.05) is 90.8 Å². The van der Waals surface area contributed by atoms with Gasteiger partial charge in [-0.25, -0.2) is 14.4 Å². The second kappa shape index (κ2) is 69.6. The van der Waals surface area contributed by atoms with Crippen LogP contribution in [0.3, 0.4) is 0 Å². The molecule has 1 aliphatic heterocycles. The number of amides is 1. The molecule has 0 saturated heterocycles. The molecule has 0 radical (unpaired) electrons. The van der Waals surface area contributed by atoms with Crippen LogP contribution in [-0.4, -0.2) is 155 Å². The van der Waals surface area contributed by atoms with Gasteiger partial charge in [-0.1, -0.05) is 233 Å². The number of carboxylic acids is 2. The zero-order valence-corrected chi connectivity index (χ0v) is 109. The van der Waals surface area contributed by atoms with Crippen molar-refractivity contribution in [2.45, 2.75) is 352 Å². The third kappa shape index (κ3) is 60.4. The Bertz CT molecular complexity index is 4650. The minimum absolute atomic E-state index is 0. The fourth-order valence-electron chi connectivity index (χ4n) is 10.5. The van der Waals surface area contributed by atoms with Crippen molar-refractivity contribution >= 4 is 188 Å². The third-order valence-corrected chi connectivity index (χ3v) is 50.0. The number of Topliss-reactive ketones (excluding diaryl/α,β-unsaturated/α-hetero) is 1. The summed E-state index contributed by atoms with van der Waals surface area (Å²) in [6, 6.07) is 40.3. The predicted octanol–water partition coefficient (Wildman–Crippen LogP) is 28.6. The first-order chi connectivity index (χ1) is 62.7. The van der Waals surface area contributed by atoms with Gasteiger partial charge in [-0.05, 0) is 269 Å². The summed E-state index contributed by atoms with van der Waals surface area (Å²) in [7, 11) is -8.46. The SMILES string of the molecule is C=CC(=O)OCC.CC(=O)O.CC(=O)O.CC(C)(C)[Si](C)(C)Cl.CC(C)(C)[Si](C)(C)OCc1ccccc1C1CCC(=O)C1.CC(C)(C)[Si](C)(C)OCc1ccccc1I.CCOC(=O)/C=C/c1ccccc1CO[Si](C)(C)C(C)(C)C.CCOC(=O)CC(C[N+](=O)[O-])c1ccccc1CO[Si](C)(C)C(C)(C)C.C[C@H]1Cn2ncc(I)c2CN1C(=O)OC(C)(C)C.OCc1ccccc1I.[Cu][I].[Pd].[Zn]. The van der Waals surface area contributed by atoms with Gasteiger partial charge in [-0.15, -0.1) is 0 Å². The van der Waals surface area contributed by atoms with Crippen molar-refractivity contribution in [1.29, 1.82) is 0 Å². The summed E-state index contributed by atoms with van der Waals surface area (Å²) in [5.41, 5.74) is 9.28. The fourth-order valence-corrected chi connectivity index (χ4v) is 16.0. The second-order valence-electron chi connectivity index (χ2n) is 41.2. The number of aliphatic hydroxyl groups excluding tert-OH is 1. The first-order valence-electron chi connectivity index (χ1n) is 45.9. The maximum Gasteiger partial charge on any atom is 0 e. The van der Waals surface area contributed by atoms with Crippen molar-refractivity contribution < 1.29 is 143 Å². The minimum Gasteiger partial charge on any atom is 0 e. The van der Waals surface area contributed by atoms with E-state index < -0.39 is 70.1 Å². The Labute approximate surface area is 931 Å². The average Bonchev–Trinajstić information content (AvgIpc) is 1.69. The minimum atomic E-state index is -1.95. The van der Waals surface area contributed by atoms with E-state index in [9.17, 15) is 34.1 Å². The predicted molar refractivity (Wildman–Crippen MR) is 601 cm³/mol. The van der Waals surface area contributed by atoms with Gasteiger partial charge in [0.1, 0.15) is 11.4 Å². The van der Waals surface area contributed by atoms with E-state index in [4.69, 9.17) is 67.9 Å². The molecule has 0 bridgehead atoms. The van der Waals surface area contributed by atoms with Crippen molar-refractivity contribution in [2.24, 2.45) is 0 Å². The Morgan fingerprint density at radius 3 is 1.31 bits per heavy atom. The number of ether oxygens (including phenoxy) is 4. The number of aliphatic carboxylic acids is 2. The average molecular weight is 2690 g/mol. The molecule has 790 valence electrons. The molecule has 3 N–H and O–H groups in total. The number of nitro groups is 1. The van der Waals surface area contributed by atoms with Crippen LogP contribution in [0.4, 0.5) is 4.79 Å². The normalized spacial score (nSPS) is 13.8. The van der Waals surface area contributed by atoms with Crippen molar-refractivity contribution in [3.05, 3.63) is 217 Å². The van der Waals surface area contributed by atoms with Crippen molar-refractivity contribution in [2.75, 3.05) is 26.4 Å². The number of hydrogen-bond donors (Lipinski definition) is 3. The summed E-state index contributed by atoms with van der Waals surface area (Å²) in [5.74, 6) is -2.48. The number of benzene rings is 5. The second-order valence-corrected chi connectivity index (χ2v) is 71.2. The molecule has 24 nitrogen and oxygen atoms in total. The van der Waals surface area contributed by atoms with Gasteiger partial charge in [0.2, 0.25) is 6.54 Å². The third-order valence-electron chi connectivity index (χ3n) is 23.8. The Hall–Kier alpha value is -3.62. The molecule has 1 aromatic heterocycles. The van der Waals surface area contributed by atoms with Crippen LogP contribution in [0.2, 0.25) is 90.7 Å². The van der Waals surface area contributed by atoms with Crippen LogP contribution in [0.5, 0.6) is 0 Å². The first-order valence-corrected chi connectivity index (χ1v) is 67.8. The van der Waals surface area contributed by atoms with E-state index in [1.807, 2.05) is 111 Å². The molecule has 2 aliphatic rings. The van der Waals surface area contributed by atoms with E-state index in [0.717, 1.165) is 86.6 Å². The number of aromatic nitrogens is 2. The molecule has 139 heavy (non-hydrogen) atoms. The van der Waals surface area contributed by atoms with Crippen LogP contribution < -0.4 is 0 Å². The number of nitrogens with zero attached hydrogens (tertiary/aromatic N) is 4. The quantitative estimate of drug-likeness (QED) is 0.00701. The summed E-state index contributed by atoms with van der Waals surface area (Å²) in [6.45, 7) is 78.6. The fraction of sp³-hybridized carbons (Fsp3) is 0.569. The van der Waals surface area contributed by atoms with Gasteiger partial charge in [-0.2, -0.15) is 16.2 Å². The number of ketones is 1. The summed E-state index contributed by atoms with van der Waals surface area (Å²) in [4.78, 5) is 87.6. The van der Waals surface area contributed by atoms with Crippen LogP contribution in [0.1, 0.15) is 254 Å². The zero-order valence-electron chi connectivity index (χ0n) is 89.2. The molecule has 0 spiro atoms. The molecule has 37 heteroatoms. The molecule has 1 amide bonds. The molecule has 2 unspecified atom stereocenters. The molecule has 1 fully saturated rings. The Morgan fingerprint density at radius 2 is 0.942 bits per heavy atom. The molecule has 6 aromatic rings. The smallest absolute Gasteiger partial charge is 0 e. The van der Waals surface area contributed by atoms with E-state index in [1.54, 1.807) is 52.1 Å². The van der Waals surface area contributed by atoms with Crippen LogP contribution in [0.25, 0.3) is 6.08 Å². The largest absolute Gasteiger partial charge is 0 e. The van der Waals surface area contributed by atoms with Crippen LogP contribution in [0, 0.1) is 20.8 Å². The number of hydrogen-bond acceptors (Lipinski definition) is 19. The number of esters is 3. The molecule has 1 saturated carbocycles. The Kier molecular flexibility index (Phi) is 72.0. The number of rotatable bonds is 25. The van der Waals surface area contributed by atoms with Gasteiger partial charge in [0.15, 0.2) is 40.7 Å². The van der Waals surface area contributed by atoms with Crippen molar-refractivity contribution in [3.63, 3.8) is 0 Å². The van der Waals surface area contributed by atoms with E-state index in [0.29, 0.717) is 62.7 Å². The Balaban J connectivity index is -0.000000496. The van der Waals surface area contributed by atoms with Gasteiger partial charge < -0.3 is 52.0 Å². The van der Waals surface area contributed by atoms with Gasteiger partial charge >= 0.3 is 57.1 Å². The maximum absolute atomic E-state index is 12.1. The molecule has 3 atom stereocenters. The van der Waals surface area contributed by atoms with Gasteiger partial charge in [0.05, 0.1) is 99.8 Å². The number of aliphatic hydroxyl groups is 1. The molecule has 8 rings (SSSR count). The van der Waals surface area contributed by atoms with Crippen LogP contribution in [0.15, 0.2) is 146 Å². The molecular weight excluding hydrogens is 2520 g/mol. The topological polar surface area (TPSA) is 318 Å². The number of carboxylic acid groups (broad SMARTS) is 2. The van der Waals surface area contributed by atoms with Crippen LogP contribution >= 0.6 is 99.2 Å². The van der Waals surface area contributed by atoms with Gasteiger partial charge in [0.25, 0.3) is 11.9 Å². The summed E-state index contributed by atoms with van der Waals surface area (Å²) >= 11 is 18.8. The van der Waals surface area contributed by atoms with E-state index in [-0.39, 0.29) is 115 Å². The van der Waals surface area contributed by atoms with E-state index >= 15 is 0 Å². The zero-order chi connectivity index (χ0) is 107. The molecule has 1 aliphatic carbocycles. The van der Waals surface area contributed by atoms with E-state index in [2.05, 4.69) is 315 Å². The Morgan fingerprint density at radius 1 is 0.576 bits per heavy atom. The van der Waals surface area contributed by atoms with Crippen LogP contribution in [-0.2, 0) is 164 Å². The molecular formula is C102H164ClCuI4N4O20PdSi5Zn. The molecule has 5 aromatic carbocycles. The first kappa shape index (κ1) is 144. The summed E-state index contributed by atoms with van der Waals surface area (Å²) in [5, 5.41) is 40.1. The van der Waals surface area contributed by atoms with Gasteiger partial charge in [-0.3, -0.25) is 38.9 Å². The monoisotopic (exact) mass is 2680 g/mol. The number of carbonyl (C=O) groups is 7.